The van der Waals surface area contributed by atoms with Gasteiger partial charge < -0.3 is 13.5 Å². The number of hydrogen-bond acceptors (Lipinski definition) is 0. The van der Waals surface area contributed by atoms with Crippen LogP contribution in [0.1, 0.15) is 0 Å². The topological polar surface area (TPSA) is 14.3 Å². The summed E-state index contributed by atoms with van der Waals surface area (Å²) in [5.74, 6) is 0. The summed E-state index contributed by atoms with van der Waals surface area (Å²) in [7, 11) is 0. The Morgan fingerprint density at radius 3 is 1.73 bits per heavy atom. The van der Waals surface area contributed by atoms with Crippen LogP contribution in [0.3, 0.4) is 0 Å². The number of fused-ring (bicyclic) bond motifs is 11. The molecule has 0 unspecified atom stereocenters. The molecule has 0 N–H and O–H groups in total. The molecule has 4 aromatic heterocycles. The van der Waals surface area contributed by atoms with Gasteiger partial charge in [-0.3, -0.25) is 0 Å². The van der Waals surface area contributed by atoms with E-state index in [1.54, 1.807) is 0 Å². The molecule has 3 nitrogen and oxygen atoms in total. The summed E-state index contributed by atoms with van der Waals surface area (Å²) in [6, 6.07) is 48.5. The third kappa shape index (κ3) is 2.59. The van der Waals surface area contributed by atoms with Crippen LogP contribution in [0, 0.1) is 0 Å². The van der Waals surface area contributed by atoms with Crippen LogP contribution in [-0.2, 0) is 0 Å². The Balaban J connectivity index is 1.49. The van der Waals surface area contributed by atoms with Crippen molar-refractivity contribution in [3.63, 3.8) is 0 Å². The van der Waals surface area contributed by atoms with Crippen molar-refractivity contribution in [1.82, 2.24) is 13.5 Å². The van der Waals surface area contributed by atoms with Crippen molar-refractivity contribution in [1.29, 1.82) is 0 Å². The first-order valence-electron chi connectivity index (χ1n) is 14.1. The number of hydrogen-bond donors (Lipinski definition) is 0. The highest BCUT2D eigenvalue weighted by atomic mass is 15.0. The van der Waals surface area contributed by atoms with Gasteiger partial charge >= 0.3 is 0 Å². The molecule has 6 aromatic carbocycles. The molecule has 3 heteroatoms. The molecule has 0 bridgehead atoms. The van der Waals surface area contributed by atoms with Crippen LogP contribution in [0.15, 0.2) is 140 Å². The van der Waals surface area contributed by atoms with Crippen molar-refractivity contribution >= 4 is 70.8 Å². The Hall–Kier alpha value is -5.54. The second-order valence-corrected chi connectivity index (χ2v) is 11.0. The normalized spacial score (nSPS) is 12.4. The van der Waals surface area contributed by atoms with Crippen LogP contribution < -0.4 is 0 Å². The summed E-state index contributed by atoms with van der Waals surface area (Å²) in [4.78, 5) is 0. The van der Waals surface area contributed by atoms with Gasteiger partial charge in [0.2, 0.25) is 0 Å². The van der Waals surface area contributed by atoms with Crippen molar-refractivity contribution in [3.8, 4) is 11.4 Å². The predicted octanol–water partition coefficient (Wildman–Crippen LogP) is 9.88. The summed E-state index contributed by atoms with van der Waals surface area (Å²) < 4.78 is 7.32. The fourth-order valence-corrected chi connectivity index (χ4v) is 7.39. The van der Waals surface area contributed by atoms with Gasteiger partial charge in [0.15, 0.2) is 0 Å². The Labute approximate surface area is 235 Å². The molecule has 0 fully saturated rings. The van der Waals surface area contributed by atoms with Crippen LogP contribution in [-0.4, -0.2) is 13.5 Å². The molecule has 0 aliphatic heterocycles. The molecule has 4 heterocycles. The third-order valence-corrected chi connectivity index (χ3v) is 8.96. The lowest BCUT2D eigenvalue weighted by molar-refractivity contribution is 1.18. The second-order valence-electron chi connectivity index (χ2n) is 11.0. The standard InChI is InChI=1S/C38H23N3/c1-3-11-25(12-4-1)40-32-18-10-8-16-29(32)34-33(40)23-24-21-22-39-36(24)35(34)30-20-19-28-27-15-7-9-17-31(27)41(38(28)37(30)39)26-13-5-2-6-14-26/h1-23H. The van der Waals surface area contributed by atoms with Crippen LogP contribution in [0.4, 0.5) is 0 Å². The van der Waals surface area contributed by atoms with E-state index in [1.807, 2.05) is 0 Å². The summed E-state index contributed by atoms with van der Waals surface area (Å²) in [5.41, 5.74) is 9.87. The van der Waals surface area contributed by atoms with E-state index >= 15 is 0 Å². The van der Waals surface area contributed by atoms with E-state index in [-0.39, 0.29) is 0 Å². The van der Waals surface area contributed by atoms with Crippen LogP contribution in [0.2, 0.25) is 0 Å². The summed E-state index contributed by atoms with van der Waals surface area (Å²) in [5, 5.41) is 9.04. The van der Waals surface area contributed by atoms with Gasteiger partial charge in [0.25, 0.3) is 0 Å². The summed E-state index contributed by atoms with van der Waals surface area (Å²) in [6.07, 6.45) is 2.26. The predicted molar refractivity (Wildman–Crippen MR) is 172 cm³/mol. The van der Waals surface area contributed by atoms with Gasteiger partial charge in [0, 0.05) is 55.3 Å². The lowest BCUT2D eigenvalue weighted by atomic mass is 10.0. The molecule has 0 amide bonds. The fourth-order valence-electron chi connectivity index (χ4n) is 7.39. The van der Waals surface area contributed by atoms with Gasteiger partial charge in [-0.1, -0.05) is 84.9 Å². The monoisotopic (exact) mass is 521 g/mol. The Morgan fingerprint density at radius 2 is 0.976 bits per heavy atom. The highest BCUT2D eigenvalue weighted by molar-refractivity contribution is 6.35. The zero-order chi connectivity index (χ0) is 26.7. The van der Waals surface area contributed by atoms with E-state index in [0.29, 0.717) is 0 Å². The van der Waals surface area contributed by atoms with Crippen LogP contribution >= 0.6 is 0 Å². The van der Waals surface area contributed by atoms with Gasteiger partial charge in [-0.15, -0.1) is 0 Å². The highest BCUT2D eigenvalue weighted by Crippen LogP contribution is 2.46. The highest BCUT2D eigenvalue weighted by Gasteiger charge is 2.24. The third-order valence-electron chi connectivity index (χ3n) is 8.96. The molecule has 0 saturated carbocycles. The maximum atomic E-state index is 2.45. The minimum absolute atomic E-state index is 1.18. The largest absolute Gasteiger partial charge is 0.313 e. The van der Waals surface area contributed by atoms with Crippen LogP contribution in [0.5, 0.6) is 0 Å². The average Bonchev–Trinajstić information content (AvgIpc) is 3.77. The zero-order valence-corrected chi connectivity index (χ0v) is 22.1. The van der Waals surface area contributed by atoms with E-state index in [0.717, 1.165) is 0 Å². The van der Waals surface area contributed by atoms with Crippen molar-refractivity contribution in [2.75, 3.05) is 0 Å². The number of para-hydroxylation sites is 4. The molecule has 190 valence electrons. The summed E-state index contributed by atoms with van der Waals surface area (Å²) >= 11 is 0. The molecule has 10 aromatic rings. The van der Waals surface area contributed by atoms with Gasteiger partial charge in [-0.2, -0.15) is 0 Å². The Morgan fingerprint density at radius 1 is 0.366 bits per heavy atom. The number of aromatic nitrogens is 3. The SMILES string of the molecule is c1ccc(-n2c3ccccc3c3c4c5ccc6c7ccccc7n(-c7ccccc7)c6c5n5ccc(cc32)c45)cc1. The summed E-state index contributed by atoms with van der Waals surface area (Å²) in [6.45, 7) is 0. The van der Waals surface area contributed by atoms with Gasteiger partial charge in [0.05, 0.1) is 33.1 Å². The first-order valence-corrected chi connectivity index (χ1v) is 14.1. The first kappa shape index (κ1) is 21.3. The van der Waals surface area contributed by atoms with E-state index in [2.05, 4.69) is 153 Å². The van der Waals surface area contributed by atoms with E-state index in [9.17, 15) is 0 Å². The molecular formula is C38H23N3. The second kappa shape index (κ2) is 7.56. The van der Waals surface area contributed by atoms with E-state index < -0.39 is 0 Å². The van der Waals surface area contributed by atoms with Gasteiger partial charge in [-0.05, 0) is 48.5 Å². The molecule has 0 spiro atoms. The minimum Gasteiger partial charge on any atom is -0.313 e. The Bertz CT molecular complexity index is 2610. The van der Waals surface area contributed by atoms with Gasteiger partial charge in [0.1, 0.15) is 0 Å². The first-order chi connectivity index (χ1) is 20.4. The molecule has 0 radical (unpaired) electrons. The molecule has 0 atom stereocenters. The van der Waals surface area contributed by atoms with Gasteiger partial charge in [-0.25, -0.2) is 0 Å². The maximum absolute atomic E-state index is 2.45. The minimum atomic E-state index is 1.18. The molecular weight excluding hydrogens is 498 g/mol. The smallest absolute Gasteiger partial charge is 0.0788 e. The number of nitrogens with zero attached hydrogens (tertiary/aromatic N) is 3. The number of rotatable bonds is 2. The van der Waals surface area contributed by atoms with E-state index in [4.69, 9.17) is 0 Å². The van der Waals surface area contributed by atoms with E-state index in [1.165, 1.54) is 82.2 Å². The lowest BCUT2D eigenvalue weighted by Crippen LogP contribution is -1.94. The lowest BCUT2D eigenvalue weighted by Gasteiger charge is -2.09. The molecule has 0 aliphatic carbocycles. The van der Waals surface area contributed by atoms with Crippen molar-refractivity contribution in [2.24, 2.45) is 0 Å². The average molecular weight is 522 g/mol. The molecule has 41 heavy (non-hydrogen) atoms. The molecule has 0 aliphatic rings. The quantitative estimate of drug-likeness (QED) is 0.215. The zero-order valence-electron chi connectivity index (χ0n) is 22.1. The molecule has 0 saturated heterocycles. The Kier molecular flexibility index (Phi) is 3.93. The van der Waals surface area contributed by atoms with Crippen molar-refractivity contribution in [2.45, 2.75) is 0 Å². The maximum Gasteiger partial charge on any atom is 0.0788 e. The molecule has 10 rings (SSSR count). The van der Waals surface area contributed by atoms with Crippen molar-refractivity contribution in [3.05, 3.63) is 140 Å². The van der Waals surface area contributed by atoms with Crippen molar-refractivity contribution < 1.29 is 0 Å². The number of benzene rings is 6. The van der Waals surface area contributed by atoms with Crippen LogP contribution in [0.25, 0.3) is 82.2 Å². The fraction of sp³-hybridized carbons (Fsp3) is 0.